The van der Waals surface area contributed by atoms with Gasteiger partial charge < -0.3 is 4.74 Å². The minimum Gasteiger partial charge on any atom is -0.496 e. The number of nitriles is 1. The maximum Gasteiger partial charge on any atom is 0.142 e. The fourth-order valence-corrected chi connectivity index (χ4v) is 2.72. The van der Waals surface area contributed by atoms with Crippen molar-refractivity contribution >= 4 is 11.8 Å². The molecule has 0 radical (unpaired) electrons. The van der Waals surface area contributed by atoms with Gasteiger partial charge in [0.05, 0.1) is 7.11 Å². The fraction of sp³-hybridized carbons (Fsp3) is 0.133. The molecule has 0 bridgehead atoms. The number of hydrogen-bond acceptors (Lipinski definition) is 3. The van der Waals surface area contributed by atoms with Crippen LogP contribution in [0.25, 0.3) is 0 Å². The van der Waals surface area contributed by atoms with E-state index in [1.54, 1.807) is 19.2 Å². The van der Waals surface area contributed by atoms with Gasteiger partial charge in [0.1, 0.15) is 23.2 Å². The van der Waals surface area contributed by atoms with E-state index in [1.807, 2.05) is 30.3 Å². The Morgan fingerprint density at radius 1 is 1.21 bits per heavy atom. The Bertz CT molecular complexity index is 622. The first-order chi connectivity index (χ1) is 9.26. The lowest BCUT2D eigenvalue weighted by molar-refractivity contribution is 0.411. The van der Waals surface area contributed by atoms with Gasteiger partial charge in [0.2, 0.25) is 0 Å². The van der Waals surface area contributed by atoms with E-state index in [1.165, 1.54) is 17.8 Å². The molecule has 2 aromatic carbocycles. The number of ether oxygens (including phenoxy) is 1. The van der Waals surface area contributed by atoms with E-state index in [0.29, 0.717) is 10.6 Å². The van der Waals surface area contributed by atoms with Gasteiger partial charge >= 0.3 is 0 Å². The van der Waals surface area contributed by atoms with Gasteiger partial charge in [0.15, 0.2) is 0 Å². The predicted molar refractivity (Wildman–Crippen MR) is 73.7 cm³/mol. The van der Waals surface area contributed by atoms with E-state index in [2.05, 4.69) is 0 Å². The summed E-state index contributed by atoms with van der Waals surface area (Å²) >= 11 is 1.43. The molecule has 2 nitrogen and oxygen atoms in total. The summed E-state index contributed by atoms with van der Waals surface area (Å²) in [5.41, 5.74) is 1.12. The van der Waals surface area contributed by atoms with Gasteiger partial charge in [-0.1, -0.05) is 24.3 Å². The highest BCUT2D eigenvalue weighted by molar-refractivity contribution is 7.98. The number of methoxy groups -OCH3 is 1. The molecule has 0 spiro atoms. The average molecular weight is 273 g/mol. The number of benzene rings is 2. The molecule has 0 atom stereocenters. The van der Waals surface area contributed by atoms with Crippen molar-refractivity contribution < 1.29 is 9.13 Å². The van der Waals surface area contributed by atoms with Gasteiger partial charge in [0, 0.05) is 16.2 Å². The topological polar surface area (TPSA) is 33.0 Å². The Morgan fingerprint density at radius 2 is 2.00 bits per heavy atom. The molecule has 96 valence electrons. The molecule has 0 heterocycles. The fourth-order valence-electron chi connectivity index (χ4n) is 1.71. The molecule has 0 aromatic heterocycles. The molecule has 0 saturated heterocycles. The summed E-state index contributed by atoms with van der Waals surface area (Å²) in [6.45, 7) is 0. The lowest BCUT2D eigenvalue weighted by Gasteiger charge is -2.08. The van der Waals surface area contributed by atoms with Crippen molar-refractivity contribution in [2.24, 2.45) is 0 Å². The zero-order valence-corrected chi connectivity index (χ0v) is 11.2. The summed E-state index contributed by atoms with van der Waals surface area (Å²) in [5, 5.41) is 8.97. The summed E-state index contributed by atoms with van der Waals surface area (Å²) in [6.07, 6.45) is 0. The third-order valence-corrected chi connectivity index (χ3v) is 3.77. The average Bonchev–Trinajstić information content (AvgIpc) is 2.45. The molecule has 0 aliphatic rings. The van der Waals surface area contributed by atoms with E-state index in [9.17, 15) is 4.39 Å². The van der Waals surface area contributed by atoms with E-state index < -0.39 is 5.82 Å². The highest BCUT2D eigenvalue weighted by Crippen LogP contribution is 2.30. The first-order valence-corrected chi connectivity index (χ1v) is 6.68. The summed E-state index contributed by atoms with van der Waals surface area (Å²) in [7, 11) is 1.62. The van der Waals surface area contributed by atoms with Gasteiger partial charge in [-0.3, -0.25) is 0 Å². The Labute approximate surface area is 115 Å². The van der Waals surface area contributed by atoms with Crippen LogP contribution in [-0.2, 0) is 5.75 Å². The minimum atomic E-state index is -0.479. The molecule has 2 aromatic rings. The van der Waals surface area contributed by atoms with E-state index >= 15 is 0 Å². The van der Waals surface area contributed by atoms with Gasteiger partial charge in [-0.2, -0.15) is 5.26 Å². The monoisotopic (exact) mass is 273 g/mol. The number of nitrogens with zero attached hydrogens (tertiary/aromatic N) is 1. The van der Waals surface area contributed by atoms with Crippen LogP contribution in [0.3, 0.4) is 0 Å². The van der Waals surface area contributed by atoms with Gasteiger partial charge in [-0.05, 0) is 18.2 Å². The lowest BCUT2D eigenvalue weighted by Crippen LogP contribution is -1.91. The van der Waals surface area contributed by atoms with Crippen LogP contribution in [0, 0.1) is 17.1 Å². The van der Waals surface area contributed by atoms with Crippen LogP contribution < -0.4 is 4.74 Å². The quantitative estimate of drug-likeness (QED) is 0.789. The molecular weight excluding hydrogens is 261 g/mol. The molecule has 0 saturated carbocycles. The van der Waals surface area contributed by atoms with Crippen molar-refractivity contribution in [2.75, 3.05) is 7.11 Å². The van der Waals surface area contributed by atoms with Crippen molar-refractivity contribution in [2.45, 2.75) is 10.6 Å². The molecule has 0 amide bonds. The van der Waals surface area contributed by atoms with Crippen molar-refractivity contribution in [3.63, 3.8) is 0 Å². The molecule has 0 aliphatic heterocycles. The van der Waals surface area contributed by atoms with Crippen LogP contribution in [0.2, 0.25) is 0 Å². The van der Waals surface area contributed by atoms with Crippen LogP contribution >= 0.6 is 11.8 Å². The SMILES string of the molecule is COc1ccccc1CSc1cccc(F)c1C#N. The maximum absolute atomic E-state index is 13.5. The van der Waals surface area contributed by atoms with Crippen molar-refractivity contribution in [1.82, 2.24) is 0 Å². The number of thioether (sulfide) groups is 1. The van der Waals surface area contributed by atoms with Crippen molar-refractivity contribution in [1.29, 1.82) is 5.26 Å². The zero-order valence-electron chi connectivity index (χ0n) is 10.4. The molecule has 0 fully saturated rings. The molecule has 4 heteroatoms. The molecule has 19 heavy (non-hydrogen) atoms. The maximum atomic E-state index is 13.5. The molecule has 0 unspecified atom stereocenters. The standard InChI is InChI=1S/C15H12FNOS/c1-18-14-7-3-2-5-11(14)10-19-15-8-4-6-13(16)12(15)9-17/h2-8H,10H2,1H3. The highest BCUT2D eigenvalue weighted by atomic mass is 32.2. The van der Waals surface area contributed by atoms with Crippen LogP contribution in [0.4, 0.5) is 4.39 Å². The van der Waals surface area contributed by atoms with Gasteiger partial charge in [-0.25, -0.2) is 4.39 Å². The minimum absolute atomic E-state index is 0.0994. The second-order valence-corrected chi connectivity index (χ2v) is 4.84. The van der Waals surface area contributed by atoms with Crippen molar-refractivity contribution in [3.8, 4) is 11.8 Å². The van der Waals surface area contributed by atoms with Crippen LogP contribution in [0.1, 0.15) is 11.1 Å². The smallest absolute Gasteiger partial charge is 0.142 e. The highest BCUT2D eigenvalue weighted by Gasteiger charge is 2.09. The number of rotatable bonds is 4. The zero-order chi connectivity index (χ0) is 13.7. The van der Waals surface area contributed by atoms with E-state index in [0.717, 1.165) is 11.3 Å². The first-order valence-electron chi connectivity index (χ1n) is 5.69. The van der Waals surface area contributed by atoms with Crippen molar-refractivity contribution in [3.05, 3.63) is 59.4 Å². The second-order valence-electron chi connectivity index (χ2n) is 3.83. The van der Waals surface area contributed by atoms with Gasteiger partial charge in [0.25, 0.3) is 0 Å². The first kappa shape index (κ1) is 13.4. The number of para-hydroxylation sites is 1. The Balaban J connectivity index is 2.20. The Morgan fingerprint density at radius 3 is 2.74 bits per heavy atom. The van der Waals surface area contributed by atoms with Crippen LogP contribution in [0.15, 0.2) is 47.4 Å². The van der Waals surface area contributed by atoms with E-state index in [-0.39, 0.29) is 5.56 Å². The number of hydrogen-bond donors (Lipinski definition) is 0. The van der Waals surface area contributed by atoms with Crippen LogP contribution in [0.5, 0.6) is 5.75 Å². The van der Waals surface area contributed by atoms with Gasteiger partial charge in [-0.15, -0.1) is 11.8 Å². The third kappa shape index (κ3) is 3.07. The Kier molecular flexibility index (Phi) is 4.43. The summed E-state index contributed by atoms with van der Waals surface area (Å²) in [6, 6.07) is 14.2. The third-order valence-electron chi connectivity index (χ3n) is 2.66. The molecule has 2 rings (SSSR count). The number of halogens is 1. The van der Waals surface area contributed by atoms with E-state index in [4.69, 9.17) is 10.00 Å². The predicted octanol–water partition coefficient (Wildman–Crippen LogP) is 4.00. The van der Waals surface area contributed by atoms with Crippen LogP contribution in [-0.4, -0.2) is 7.11 Å². The summed E-state index contributed by atoms with van der Waals surface area (Å²) < 4.78 is 18.7. The molecule has 0 N–H and O–H groups in total. The lowest BCUT2D eigenvalue weighted by atomic mass is 10.2. The summed E-state index contributed by atoms with van der Waals surface area (Å²) in [5.74, 6) is 0.944. The second kappa shape index (κ2) is 6.26. The largest absolute Gasteiger partial charge is 0.496 e. The Hall–Kier alpha value is -1.99. The molecule has 0 aliphatic carbocycles. The summed E-state index contributed by atoms with van der Waals surface area (Å²) in [4.78, 5) is 0.647. The normalized spacial score (nSPS) is 9.95. The molecular formula is C15H12FNOS.